The molecule has 1 saturated carbocycles. The van der Waals surface area contributed by atoms with Crippen molar-refractivity contribution in [2.45, 2.75) is 50.2 Å². The van der Waals surface area contributed by atoms with E-state index in [1.165, 1.54) is 0 Å². The Balaban J connectivity index is 1.85. The SMILES string of the molecule is N[C@H](Cc1ccccc1)C(=O)N[C@H]1CCCC[C@@H]1N. The zero-order valence-electron chi connectivity index (χ0n) is 11.2. The lowest BCUT2D eigenvalue weighted by molar-refractivity contribution is -0.123. The molecule has 4 heteroatoms. The molecule has 0 bridgehead atoms. The van der Waals surface area contributed by atoms with Crippen LogP contribution in [-0.4, -0.2) is 24.0 Å². The van der Waals surface area contributed by atoms with Crippen molar-refractivity contribution >= 4 is 5.91 Å². The standard InChI is InChI=1S/C15H23N3O/c16-12-8-4-5-9-14(12)18-15(19)13(17)10-11-6-2-1-3-7-11/h1-3,6-7,12-14H,4-5,8-10,16-17H2,(H,18,19)/t12-,13+,14-/m0/s1. The van der Waals surface area contributed by atoms with E-state index < -0.39 is 6.04 Å². The molecule has 0 aliphatic heterocycles. The third-order valence-corrected chi connectivity index (χ3v) is 3.78. The molecular formula is C15H23N3O. The van der Waals surface area contributed by atoms with E-state index in [-0.39, 0.29) is 18.0 Å². The summed E-state index contributed by atoms with van der Waals surface area (Å²) < 4.78 is 0. The Morgan fingerprint density at radius 2 is 1.95 bits per heavy atom. The number of carbonyl (C=O) groups is 1. The number of carbonyl (C=O) groups excluding carboxylic acids is 1. The number of benzene rings is 1. The maximum absolute atomic E-state index is 12.1. The second-order valence-corrected chi connectivity index (χ2v) is 5.36. The van der Waals surface area contributed by atoms with Gasteiger partial charge < -0.3 is 16.8 Å². The molecule has 0 unspecified atom stereocenters. The van der Waals surface area contributed by atoms with Gasteiger partial charge in [0, 0.05) is 12.1 Å². The fourth-order valence-electron chi connectivity index (χ4n) is 2.59. The Morgan fingerprint density at radius 1 is 1.26 bits per heavy atom. The third kappa shape index (κ3) is 4.04. The van der Waals surface area contributed by atoms with Crippen LogP contribution in [0.3, 0.4) is 0 Å². The lowest BCUT2D eigenvalue weighted by Gasteiger charge is -2.30. The summed E-state index contributed by atoms with van der Waals surface area (Å²) in [5.41, 5.74) is 13.1. The highest BCUT2D eigenvalue weighted by Gasteiger charge is 2.25. The van der Waals surface area contributed by atoms with Crippen LogP contribution in [0.2, 0.25) is 0 Å². The first-order valence-electron chi connectivity index (χ1n) is 7.02. The maximum atomic E-state index is 12.1. The van der Waals surface area contributed by atoms with Crippen LogP contribution in [0.15, 0.2) is 30.3 Å². The number of nitrogens with two attached hydrogens (primary N) is 2. The molecular weight excluding hydrogens is 238 g/mol. The minimum atomic E-state index is -0.503. The number of hydrogen-bond acceptors (Lipinski definition) is 3. The molecule has 0 spiro atoms. The largest absolute Gasteiger partial charge is 0.350 e. The highest BCUT2D eigenvalue weighted by Crippen LogP contribution is 2.17. The smallest absolute Gasteiger partial charge is 0.237 e. The van der Waals surface area contributed by atoms with Crippen molar-refractivity contribution in [3.63, 3.8) is 0 Å². The molecule has 0 saturated heterocycles. The van der Waals surface area contributed by atoms with Gasteiger partial charge in [0.1, 0.15) is 0 Å². The van der Waals surface area contributed by atoms with Gasteiger partial charge >= 0.3 is 0 Å². The van der Waals surface area contributed by atoms with Crippen LogP contribution in [0.25, 0.3) is 0 Å². The van der Waals surface area contributed by atoms with Gasteiger partial charge in [0.15, 0.2) is 0 Å². The Labute approximate surface area is 114 Å². The molecule has 2 rings (SSSR count). The summed E-state index contributed by atoms with van der Waals surface area (Å²) in [4.78, 5) is 12.1. The van der Waals surface area contributed by atoms with Crippen LogP contribution in [0.5, 0.6) is 0 Å². The van der Waals surface area contributed by atoms with Crippen LogP contribution < -0.4 is 16.8 Å². The van der Waals surface area contributed by atoms with Gasteiger partial charge in [-0.25, -0.2) is 0 Å². The van der Waals surface area contributed by atoms with E-state index >= 15 is 0 Å². The van der Waals surface area contributed by atoms with E-state index in [0.29, 0.717) is 6.42 Å². The zero-order valence-corrected chi connectivity index (χ0v) is 11.2. The van der Waals surface area contributed by atoms with Gasteiger partial charge in [-0.05, 0) is 24.8 Å². The highest BCUT2D eigenvalue weighted by atomic mass is 16.2. The number of hydrogen-bond donors (Lipinski definition) is 3. The van der Waals surface area contributed by atoms with E-state index in [9.17, 15) is 4.79 Å². The predicted octanol–water partition coefficient (Wildman–Crippen LogP) is 0.942. The van der Waals surface area contributed by atoms with Crippen molar-refractivity contribution in [2.24, 2.45) is 11.5 Å². The second kappa shape index (κ2) is 6.68. The molecule has 1 amide bonds. The van der Waals surface area contributed by atoms with Gasteiger partial charge in [0.05, 0.1) is 6.04 Å². The first kappa shape index (κ1) is 14.0. The number of nitrogens with one attached hydrogen (secondary N) is 1. The fraction of sp³-hybridized carbons (Fsp3) is 0.533. The number of rotatable bonds is 4. The Bertz CT molecular complexity index is 407. The average Bonchev–Trinajstić information content (AvgIpc) is 2.42. The Hall–Kier alpha value is -1.39. The molecule has 1 aliphatic carbocycles. The molecule has 1 aromatic carbocycles. The molecule has 0 heterocycles. The van der Waals surface area contributed by atoms with E-state index in [0.717, 1.165) is 31.2 Å². The van der Waals surface area contributed by atoms with Gasteiger partial charge in [-0.2, -0.15) is 0 Å². The summed E-state index contributed by atoms with van der Waals surface area (Å²) in [6, 6.07) is 9.49. The summed E-state index contributed by atoms with van der Waals surface area (Å²) in [5, 5.41) is 3.00. The summed E-state index contributed by atoms with van der Waals surface area (Å²) in [5.74, 6) is -0.0915. The van der Waals surface area contributed by atoms with Crippen LogP contribution in [0.4, 0.5) is 0 Å². The van der Waals surface area contributed by atoms with E-state index in [1.807, 2.05) is 30.3 Å². The molecule has 104 valence electrons. The molecule has 1 aromatic rings. The molecule has 5 N–H and O–H groups in total. The monoisotopic (exact) mass is 261 g/mol. The van der Waals surface area contributed by atoms with Crippen LogP contribution in [-0.2, 0) is 11.2 Å². The topological polar surface area (TPSA) is 81.1 Å². The van der Waals surface area contributed by atoms with Crippen LogP contribution in [0.1, 0.15) is 31.2 Å². The molecule has 1 fully saturated rings. The first-order valence-corrected chi connectivity index (χ1v) is 7.02. The maximum Gasteiger partial charge on any atom is 0.237 e. The van der Waals surface area contributed by atoms with E-state index in [4.69, 9.17) is 11.5 Å². The normalized spacial score (nSPS) is 24.7. The highest BCUT2D eigenvalue weighted by molar-refractivity contribution is 5.82. The summed E-state index contributed by atoms with van der Waals surface area (Å²) in [7, 11) is 0. The van der Waals surface area contributed by atoms with Crippen molar-refractivity contribution < 1.29 is 4.79 Å². The second-order valence-electron chi connectivity index (χ2n) is 5.36. The van der Waals surface area contributed by atoms with Crippen molar-refractivity contribution in [1.29, 1.82) is 0 Å². The van der Waals surface area contributed by atoms with E-state index in [1.54, 1.807) is 0 Å². The zero-order chi connectivity index (χ0) is 13.7. The minimum Gasteiger partial charge on any atom is -0.350 e. The Morgan fingerprint density at radius 3 is 2.63 bits per heavy atom. The van der Waals surface area contributed by atoms with Crippen molar-refractivity contribution in [3.8, 4) is 0 Å². The lowest BCUT2D eigenvalue weighted by atomic mass is 9.90. The molecule has 4 nitrogen and oxygen atoms in total. The first-order chi connectivity index (χ1) is 9.16. The third-order valence-electron chi connectivity index (χ3n) is 3.78. The Kier molecular flexibility index (Phi) is 4.93. The molecule has 1 aliphatic rings. The van der Waals surface area contributed by atoms with Gasteiger partial charge in [0.25, 0.3) is 0 Å². The van der Waals surface area contributed by atoms with Gasteiger partial charge in [0.2, 0.25) is 5.91 Å². The predicted molar refractivity (Wildman–Crippen MR) is 76.5 cm³/mol. The number of amides is 1. The van der Waals surface area contributed by atoms with Gasteiger partial charge in [-0.1, -0.05) is 43.2 Å². The lowest BCUT2D eigenvalue weighted by Crippen LogP contribution is -2.53. The van der Waals surface area contributed by atoms with Crippen molar-refractivity contribution in [3.05, 3.63) is 35.9 Å². The van der Waals surface area contributed by atoms with Crippen molar-refractivity contribution in [1.82, 2.24) is 5.32 Å². The van der Waals surface area contributed by atoms with Gasteiger partial charge in [-0.3, -0.25) is 4.79 Å². The van der Waals surface area contributed by atoms with Crippen LogP contribution >= 0.6 is 0 Å². The van der Waals surface area contributed by atoms with E-state index in [2.05, 4.69) is 5.32 Å². The molecule has 19 heavy (non-hydrogen) atoms. The quantitative estimate of drug-likeness (QED) is 0.754. The van der Waals surface area contributed by atoms with Crippen LogP contribution in [0, 0.1) is 0 Å². The van der Waals surface area contributed by atoms with Gasteiger partial charge in [-0.15, -0.1) is 0 Å². The summed E-state index contributed by atoms with van der Waals surface area (Å²) >= 11 is 0. The minimum absolute atomic E-state index is 0.0709. The summed E-state index contributed by atoms with van der Waals surface area (Å²) in [6.07, 6.45) is 4.80. The fourth-order valence-corrected chi connectivity index (χ4v) is 2.59. The van der Waals surface area contributed by atoms with Crippen molar-refractivity contribution in [2.75, 3.05) is 0 Å². The molecule has 0 aromatic heterocycles. The average molecular weight is 261 g/mol. The molecule has 0 radical (unpaired) electrons. The molecule has 3 atom stereocenters. The summed E-state index contributed by atoms with van der Waals surface area (Å²) in [6.45, 7) is 0.